The van der Waals surface area contributed by atoms with E-state index < -0.39 is 17.8 Å². The van der Waals surface area contributed by atoms with Gasteiger partial charge in [-0.25, -0.2) is 9.59 Å². The molecule has 2 aliphatic rings. The highest BCUT2D eigenvalue weighted by Gasteiger charge is 2.36. The van der Waals surface area contributed by atoms with Crippen molar-refractivity contribution in [3.8, 4) is 6.01 Å². The molecule has 0 radical (unpaired) electrons. The van der Waals surface area contributed by atoms with E-state index in [1.807, 2.05) is 0 Å². The van der Waals surface area contributed by atoms with Crippen LogP contribution in [0.4, 0.5) is 4.79 Å². The van der Waals surface area contributed by atoms with Crippen LogP contribution < -0.4 is 10.5 Å². The average Bonchev–Trinajstić information content (AvgIpc) is 3.43. The third-order valence-electron chi connectivity index (χ3n) is 7.06. The van der Waals surface area contributed by atoms with Gasteiger partial charge in [0.1, 0.15) is 12.4 Å². The number of carbonyl (C=O) groups excluding carboxylic acids is 3. The van der Waals surface area contributed by atoms with Gasteiger partial charge in [0.2, 0.25) is 0 Å². The topological polar surface area (TPSA) is 194 Å². The first-order valence-corrected chi connectivity index (χ1v) is 13.3. The molecule has 14 nitrogen and oxygen atoms in total. The van der Waals surface area contributed by atoms with Crippen LogP contribution in [-0.2, 0) is 16.1 Å². The van der Waals surface area contributed by atoms with Crippen molar-refractivity contribution in [2.45, 2.75) is 18.9 Å². The number of piperidine rings is 1. The van der Waals surface area contributed by atoms with E-state index in [-0.39, 0.29) is 60.2 Å². The highest BCUT2D eigenvalue weighted by molar-refractivity contribution is 5.99. The first-order valence-electron chi connectivity index (χ1n) is 13.3. The van der Waals surface area contributed by atoms with E-state index in [0.29, 0.717) is 44.0 Å². The number of urea groups is 1. The minimum Gasteiger partial charge on any atom is -0.478 e. The van der Waals surface area contributed by atoms with Gasteiger partial charge < -0.3 is 30.1 Å². The molecule has 42 heavy (non-hydrogen) atoms. The van der Waals surface area contributed by atoms with Gasteiger partial charge in [-0.3, -0.25) is 15.0 Å². The Morgan fingerprint density at radius 2 is 1.74 bits per heavy atom. The molecule has 1 aromatic heterocycles. The summed E-state index contributed by atoms with van der Waals surface area (Å²) >= 11 is 0. The number of aromatic carboxylic acids is 1. The zero-order valence-corrected chi connectivity index (χ0v) is 22.6. The molecular weight excluding hydrogens is 546 g/mol. The fourth-order valence-electron chi connectivity index (χ4n) is 4.74. The molecular formula is C28H29N7O7. The Morgan fingerprint density at radius 3 is 2.40 bits per heavy atom. The van der Waals surface area contributed by atoms with E-state index in [0.717, 1.165) is 4.68 Å². The van der Waals surface area contributed by atoms with E-state index in [1.54, 1.807) is 29.2 Å². The Kier molecular flexibility index (Phi) is 8.24. The van der Waals surface area contributed by atoms with E-state index in [4.69, 9.17) is 20.6 Å². The van der Waals surface area contributed by atoms with Gasteiger partial charge >= 0.3 is 18.0 Å². The molecule has 0 bridgehead atoms. The number of ketones is 1. The number of carboxylic acids is 1. The maximum Gasteiger partial charge on any atom is 0.335 e. The maximum atomic E-state index is 13.5. The quantitative estimate of drug-likeness (QED) is 0.273. The highest BCUT2D eigenvalue weighted by Crippen LogP contribution is 2.27. The number of nitrogens with two attached hydrogens (primary N) is 1. The number of amides is 2. The fourth-order valence-corrected chi connectivity index (χ4v) is 4.74. The number of hydrogen-bond donors (Lipinski definition) is 3. The van der Waals surface area contributed by atoms with E-state index >= 15 is 0 Å². The van der Waals surface area contributed by atoms with Crippen molar-refractivity contribution < 1.29 is 33.8 Å². The summed E-state index contributed by atoms with van der Waals surface area (Å²) in [4.78, 5) is 58.5. The zero-order chi connectivity index (χ0) is 29.8. The lowest BCUT2D eigenvalue weighted by Gasteiger charge is -2.35. The van der Waals surface area contributed by atoms with Crippen LogP contribution >= 0.6 is 0 Å². The van der Waals surface area contributed by atoms with Crippen molar-refractivity contribution in [3.63, 3.8) is 0 Å². The molecule has 2 aliphatic heterocycles. The maximum absolute atomic E-state index is 13.5. The van der Waals surface area contributed by atoms with Crippen LogP contribution in [0.3, 0.4) is 0 Å². The molecule has 1 atom stereocenters. The number of hydrogen-bond acceptors (Lipinski definition) is 9. The Morgan fingerprint density at radius 1 is 1.02 bits per heavy atom. The smallest absolute Gasteiger partial charge is 0.335 e. The predicted octanol–water partition coefficient (Wildman–Crippen LogP) is 1.34. The second kappa shape index (κ2) is 12.2. The number of morpholine rings is 1. The summed E-state index contributed by atoms with van der Waals surface area (Å²) in [6.45, 7) is 1.98. The second-order valence-electron chi connectivity index (χ2n) is 9.87. The number of Topliss-reactive ketones (excluding diaryl/α,β-unsaturated/α-hetero) is 1. The van der Waals surface area contributed by atoms with E-state index in [9.17, 15) is 24.3 Å². The van der Waals surface area contributed by atoms with Crippen LogP contribution in [0.15, 0.2) is 48.5 Å². The lowest BCUT2D eigenvalue weighted by atomic mass is 9.95. The number of nitrogens with zero attached hydrogens (tertiary/aromatic N) is 5. The SMILES string of the molecule is N=C(N)c1ccc(COc2nc(C3CCN(C(=O)N4CCOCC4)CC3=O)nn2C(=O)c2cccc(C(=O)O)c2)cc1. The van der Waals surface area contributed by atoms with Crippen molar-refractivity contribution in [2.75, 3.05) is 39.4 Å². The molecule has 4 N–H and O–H groups in total. The lowest BCUT2D eigenvalue weighted by molar-refractivity contribution is -0.123. The van der Waals surface area contributed by atoms with E-state index in [2.05, 4.69) is 10.1 Å². The molecule has 3 heterocycles. The number of nitrogens with one attached hydrogen (secondary N) is 1. The van der Waals surface area contributed by atoms with Crippen LogP contribution in [-0.4, -0.2) is 98.6 Å². The number of aromatic nitrogens is 3. The van der Waals surface area contributed by atoms with Gasteiger partial charge in [-0.2, -0.15) is 4.98 Å². The van der Waals surface area contributed by atoms with Crippen LogP contribution in [0.25, 0.3) is 0 Å². The number of ether oxygens (including phenoxy) is 2. The standard InChI is InChI=1S/C28H29N7O7/c29-23(30)18-6-4-17(5-7-18)16-42-27-31-24(32-35(27)25(37)19-2-1-3-20(14-19)26(38)39)21-8-9-34(15-22(21)36)28(40)33-10-12-41-13-11-33/h1-7,14,21H,8-13,15-16H2,(H3,29,30)(H,38,39). The summed E-state index contributed by atoms with van der Waals surface area (Å²) < 4.78 is 12.1. The molecule has 3 aromatic rings. The number of carbonyl (C=O) groups is 4. The van der Waals surface area contributed by atoms with Crippen LogP contribution in [0.5, 0.6) is 6.01 Å². The fraction of sp³-hybridized carbons (Fsp3) is 0.321. The van der Waals surface area contributed by atoms with Gasteiger partial charge in [0.05, 0.1) is 31.2 Å². The molecule has 2 aromatic carbocycles. The van der Waals surface area contributed by atoms with Crippen LogP contribution in [0.2, 0.25) is 0 Å². The summed E-state index contributed by atoms with van der Waals surface area (Å²) in [5.41, 5.74) is 6.71. The summed E-state index contributed by atoms with van der Waals surface area (Å²) in [5.74, 6) is -2.93. The zero-order valence-electron chi connectivity index (χ0n) is 22.6. The van der Waals surface area contributed by atoms with Crippen molar-refractivity contribution in [1.29, 1.82) is 5.41 Å². The molecule has 2 fully saturated rings. The van der Waals surface area contributed by atoms with Gasteiger partial charge in [0.25, 0.3) is 5.91 Å². The highest BCUT2D eigenvalue weighted by atomic mass is 16.5. The number of amidine groups is 1. The van der Waals surface area contributed by atoms with Gasteiger partial charge in [-0.05, 0) is 30.2 Å². The summed E-state index contributed by atoms with van der Waals surface area (Å²) in [7, 11) is 0. The molecule has 218 valence electrons. The van der Waals surface area contributed by atoms with Crippen molar-refractivity contribution >= 4 is 29.5 Å². The minimum absolute atomic E-state index is 0.0147. The lowest BCUT2D eigenvalue weighted by Crippen LogP contribution is -2.52. The van der Waals surface area contributed by atoms with Gasteiger partial charge in [0.15, 0.2) is 11.6 Å². The first kappa shape index (κ1) is 28.4. The number of benzene rings is 2. The first-order chi connectivity index (χ1) is 20.2. The van der Waals surface area contributed by atoms with Gasteiger partial charge in [0, 0.05) is 30.8 Å². The van der Waals surface area contributed by atoms with Crippen molar-refractivity contribution in [2.24, 2.45) is 5.73 Å². The van der Waals surface area contributed by atoms with Crippen molar-refractivity contribution in [1.82, 2.24) is 24.6 Å². The van der Waals surface area contributed by atoms with Crippen molar-refractivity contribution in [3.05, 3.63) is 76.6 Å². The molecule has 0 aliphatic carbocycles. The monoisotopic (exact) mass is 575 g/mol. The van der Waals surface area contributed by atoms with Gasteiger partial charge in [-0.1, -0.05) is 30.3 Å². The second-order valence-corrected chi connectivity index (χ2v) is 9.87. The largest absolute Gasteiger partial charge is 0.478 e. The number of carboxylic acid groups (broad SMARTS) is 1. The number of rotatable bonds is 7. The number of likely N-dealkylation sites (tertiary alicyclic amines) is 1. The molecule has 5 rings (SSSR count). The average molecular weight is 576 g/mol. The molecule has 2 saturated heterocycles. The Labute approximate surface area is 240 Å². The normalized spacial score (nSPS) is 17.1. The molecule has 14 heteroatoms. The third kappa shape index (κ3) is 6.12. The Bertz CT molecular complexity index is 1530. The van der Waals surface area contributed by atoms with Crippen LogP contribution in [0, 0.1) is 5.41 Å². The molecule has 1 unspecified atom stereocenters. The summed E-state index contributed by atoms with van der Waals surface area (Å²) in [5, 5.41) is 21.2. The Hall–Kier alpha value is -5.11. The minimum atomic E-state index is -1.20. The van der Waals surface area contributed by atoms with E-state index in [1.165, 1.54) is 29.2 Å². The molecule has 0 spiro atoms. The third-order valence-corrected chi connectivity index (χ3v) is 7.06. The van der Waals surface area contributed by atoms with Gasteiger partial charge in [-0.15, -0.1) is 9.78 Å². The summed E-state index contributed by atoms with van der Waals surface area (Å²) in [6, 6.07) is 11.8. The molecule has 2 amide bonds. The summed E-state index contributed by atoms with van der Waals surface area (Å²) in [6.07, 6.45) is 0.258. The number of nitrogen functional groups attached to an aromatic ring is 1. The predicted molar refractivity (Wildman–Crippen MR) is 147 cm³/mol. The van der Waals surface area contributed by atoms with Crippen LogP contribution in [0.1, 0.15) is 50.0 Å². The Balaban J connectivity index is 1.38. The molecule has 0 saturated carbocycles.